The highest BCUT2D eigenvalue weighted by Crippen LogP contribution is 2.26. The molecular weight excluding hydrogens is 309 g/mol. The Hall–Kier alpha value is -2.81. The van der Waals surface area contributed by atoms with Gasteiger partial charge in [-0.2, -0.15) is 0 Å². The second kappa shape index (κ2) is 6.75. The Bertz CT molecular complexity index is 893. The molecule has 0 atom stereocenters. The van der Waals surface area contributed by atoms with Crippen LogP contribution in [-0.4, -0.2) is 0 Å². The minimum Gasteiger partial charge on any atom is -0.206 e. The lowest BCUT2D eigenvalue weighted by molar-refractivity contribution is 0.505. The Kier molecular flexibility index (Phi) is 4.52. The molecule has 0 aliphatic rings. The average molecular weight is 324 g/mol. The van der Waals surface area contributed by atoms with Crippen molar-refractivity contribution in [3.8, 4) is 11.1 Å². The average Bonchev–Trinajstić information content (AvgIpc) is 2.60. The maximum atomic E-state index is 14.0. The van der Waals surface area contributed by atoms with Crippen molar-refractivity contribution in [2.45, 2.75) is 6.92 Å². The monoisotopic (exact) mass is 324 g/mol. The SMILES string of the molecule is Cc1ccc(-c2ccc(/C=C/c3ccccc3F)cc2)c(F)c1F. The van der Waals surface area contributed by atoms with E-state index in [1.165, 1.54) is 13.0 Å². The molecule has 0 aromatic heterocycles. The van der Waals surface area contributed by atoms with Gasteiger partial charge in [0.2, 0.25) is 0 Å². The molecule has 3 aromatic rings. The quantitative estimate of drug-likeness (QED) is 0.500. The minimum atomic E-state index is -0.843. The van der Waals surface area contributed by atoms with Crippen molar-refractivity contribution in [3.63, 3.8) is 0 Å². The van der Waals surface area contributed by atoms with Crippen LogP contribution in [-0.2, 0) is 0 Å². The van der Waals surface area contributed by atoms with Crippen LogP contribution >= 0.6 is 0 Å². The van der Waals surface area contributed by atoms with Crippen molar-refractivity contribution in [3.05, 3.63) is 94.8 Å². The Labute approximate surface area is 138 Å². The van der Waals surface area contributed by atoms with Crippen LogP contribution in [0.25, 0.3) is 23.3 Å². The number of hydrogen-bond acceptors (Lipinski definition) is 0. The summed E-state index contributed by atoms with van der Waals surface area (Å²) in [6.45, 7) is 1.53. The van der Waals surface area contributed by atoms with Crippen molar-refractivity contribution in [2.75, 3.05) is 0 Å². The molecule has 0 spiro atoms. The Morgan fingerprint density at radius 2 is 1.42 bits per heavy atom. The van der Waals surface area contributed by atoms with E-state index in [9.17, 15) is 13.2 Å². The van der Waals surface area contributed by atoms with E-state index in [1.807, 2.05) is 0 Å². The molecule has 0 aliphatic carbocycles. The van der Waals surface area contributed by atoms with Gasteiger partial charge in [-0.05, 0) is 29.7 Å². The predicted molar refractivity (Wildman–Crippen MR) is 91.9 cm³/mol. The molecule has 0 bridgehead atoms. The molecule has 3 rings (SSSR count). The van der Waals surface area contributed by atoms with E-state index in [2.05, 4.69) is 0 Å². The van der Waals surface area contributed by atoms with Crippen LogP contribution < -0.4 is 0 Å². The van der Waals surface area contributed by atoms with Crippen LogP contribution in [0, 0.1) is 24.4 Å². The maximum Gasteiger partial charge on any atom is 0.166 e. The molecule has 0 aliphatic heterocycles. The summed E-state index contributed by atoms with van der Waals surface area (Å²) in [5.41, 5.74) is 2.43. The molecule has 24 heavy (non-hydrogen) atoms. The smallest absolute Gasteiger partial charge is 0.166 e. The molecule has 0 saturated carbocycles. The van der Waals surface area contributed by atoms with Gasteiger partial charge in [-0.1, -0.05) is 66.7 Å². The first-order valence-electron chi connectivity index (χ1n) is 7.54. The molecule has 0 heterocycles. The van der Waals surface area contributed by atoms with E-state index in [4.69, 9.17) is 0 Å². The van der Waals surface area contributed by atoms with Crippen molar-refractivity contribution >= 4 is 12.2 Å². The fourth-order valence-corrected chi connectivity index (χ4v) is 2.44. The molecule has 0 radical (unpaired) electrons. The molecule has 0 nitrogen and oxygen atoms in total. The summed E-state index contributed by atoms with van der Waals surface area (Å²) in [7, 11) is 0. The van der Waals surface area contributed by atoms with Crippen LogP contribution in [0.5, 0.6) is 0 Å². The lowest BCUT2D eigenvalue weighted by atomic mass is 10.0. The van der Waals surface area contributed by atoms with Gasteiger partial charge in [0.1, 0.15) is 5.82 Å². The van der Waals surface area contributed by atoms with Gasteiger partial charge in [-0.25, -0.2) is 13.2 Å². The fraction of sp³-hybridized carbons (Fsp3) is 0.0476. The lowest BCUT2D eigenvalue weighted by Gasteiger charge is -2.06. The maximum absolute atomic E-state index is 14.0. The minimum absolute atomic E-state index is 0.225. The summed E-state index contributed by atoms with van der Waals surface area (Å²) in [5.74, 6) is -1.96. The van der Waals surface area contributed by atoms with Crippen molar-refractivity contribution in [1.82, 2.24) is 0 Å². The van der Waals surface area contributed by atoms with E-state index in [-0.39, 0.29) is 16.9 Å². The Morgan fingerprint density at radius 1 is 0.708 bits per heavy atom. The number of hydrogen-bond donors (Lipinski definition) is 0. The third-order valence-electron chi connectivity index (χ3n) is 3.86. The third-order valence-corrected chi connectivity index (χ3v) is 3.86. The molecule has 120 valence electrons. The standard InChI is InChI=1S/C21H15F3/c1-14-6-13-18(21(24)20(14)23)16-10-7-15(8-11-16)9-12-17-4-2-3-5-19(17)22/h2-13H,1H3/b12-9+. The first kappa shape index (κ1) is 16.1. The Morgan fingerprint density at radius 3 is 2.12 bits per heavy atom. The van der Waals surface area contributed by atoms with Crippen LogP contribution in [0.4, 0.5) is 13.2 Å². The highest BCUT2D eigenvalue weighted by Gasteiger charge is 2.12. The zero-order valence-electron chi connectivity index (χ0n) is 13.1. The van der Waals surface area contributed by atoms with E-state index in [1.54, 1.807) is 66.7 Å². The summed E-state index contributed by atoms with van der Waals surface area (Å²) in [6.07, 6.45) is 3.45. The van der Waals surface area contributed by atoms with Crippen LogP contribution in [0.2, 0.25) is 0 Å². The first-order chi connectivity index (χ1) is 11.6. The van der Waals surface area contributed by atoms with E-state index < -0.39 is 11.6 Å². The van der Waals surface area contributed by atoms with E-state index >= 15 is 0 Å². The highest BCUT2D eigenvalue weighted by molar-refractivity contribution is 5.72. The van der Waals surface area contributed by atoms with Crippen LogP contribution in [0.3, 0.4) is 0 Å². The molecule has 0 amide bonds. The fourth-order valence-electron chi connectivity index (χ4n) is 2.44. The van der Waals surface area contributed by atoms with Gasteiger partial charge in [-0.3, -0.25) is 0 Å². The highest BCUT2D eigenvalue weighted by atomic mass is 19.2. The predicted octanol–water partition coefficient (Wildman–Crippen LogP) is 6.25. The molecular formula is C21H15F3. The van der Waals surface area contributed by atoms with Crippen LogP contribution in [0.1, 0.15) is 16.7 Å². The van der Waals surface area contributed by atoms with Gasteiger partial charge < -0.3 is 0 Å². The summed E-state index contributed by atoms with van der Waals surface area (Å²) in [5, 5.41) is 0. The van der Waals surface area contributed by atoms with Crippen molar-refractivity contribution in [2.24, 2.45) is 0 Å². The van der Waals surface area contributed by atoms with Crippen molar-refractivity contribution < 1.29 is 13.2 Å². The second-order valence-corrected chi connectivity index (χ2v) is 5.53. The number of rotatable bonds is 3. The Balaban J connectivity index is 1.86. The van der Waals surface area contributed by atoms with Gasteiger partial charge in [0, 0.05) is 11.1 Å². The second-order valence-electron chi connectivity index (χ2n) is 5.53. The summed E-state index contributed by atoms with van der Waals surface area (Å²) in [6, 6.07) is 16.6. The summed E-state index contributed by atoms with van der Waals surface area (Å²) >= 11 is 0. The number of benzene rings is 3. The first-order valence-corrected chi connectivity index (χ1v) is 7.54. The number of halogens is 3. The normalized spacial score (nSPS) is 11.2. The number of aryl methyl sites for hydroxylation is 1. The van der Waals surface area contributed by atoms with Gasteiger partial charge >= 0.3 is 0 Å². The van der Waals surface area contributed by atoms with Gasteiger partial charge in [-0.15, -0.1) is 0 Å². The summed E-state index contributed by atoms with van der Waals surface area (Å²) < 4.78 is 41.3. The lowest BCUT2D eigenvalue weighted by Crippen LogP contribution is -1.93. The topological polar surface area (TPSA) is 0 Å². The summed E-state index contributed by atoms with van der Waals surface area (Å²) in [4.78, 5) is 0. The molecule has 0 fully saturated rings. The molecule has 0 N–H and O–H groups in total. The largest absolute Gasteiger partial charge is 0.206 e. The van der Waals surface area contributed by atoms with Gasteiger partial charge in [0.15, 0.2) is 11.6 Å². The van der Waals surface area contributed by atoms with E-state index in [0.717, 1.165) is 5.56 Å². The zero-order chi connectivity index (χ0) is 17.1. The van der Waals surface area contributed by atoms with Gasteiger partial charge in [0.25, 0.3) is 0 Å². The zero-order valence-corrected chi connectivity index (χ0v) is 13.1. The molecule has 0 saturated heterocycles. The van der Waals surface area contributed by atoms with E-state index in [0.29, 0.717) is 11.1 Å². The van der Waals surface area contributed by atoms with Crippen LogP contribution in [0.15, 0.2) is 60.7 Å². The van der Waals surface area contributed by atoms with Crippen molar-refractivity contribution in [1.29, 1.82) is 0 Å². The molecule has 0 unspecified atom stereocenters. The third kappa shape index (κ3) is 3.25. The van der Waals surface area contributed by atoms with Gasteiger partial charge in [0.05, 0.1) is 0 Å². The molecule has 3 aromatic carbocycles. The molecule has 3 heteroatoms.